The number of fused-ring (bicyclic) bond motifs is 1. The van der Waals surface area contributed by atoms with E-state index in [1.807, 2.05) is 52.0 Å². The van der Waals surface area contributed by atoms with E-state index < -0.39 is 0 Å². The van der Waals surface area contributed by atoms with Gasteiger partial charge in [-0.3, -0.25) is 0 Å². The monoisotopic (exact) mass is 232 g/mol. The molecule has 2 aromatic rings. The lowest BCUT2D eigenvalue weighted by molar-refractivity contribution is 0.0485. The number of aryl methyl sites for hydroxylation is 1. The minimum Gasteiger partial charge on any atom is -0.391 e. The number of imidazole rings is 1. The predicted molar refractivity (Wildman–Crippen MR) is 69.9 cm³/mol. The highest BCUT2D eigenvalue weighted by Crippen LogP contribution is 2.23. The maximum absolute atomic E-state index is 10.2. The highest BCUT2D eigenvalue weighted by Gasteiger charge is 2.23. The Bertz CT molecular complexity index is 522. The molecule has 3 heteroatoms. The van der Waals surface area contributed by atoms with Gasteiger partial charge in [0.1, 0.15) is 5.82 Å². The zero-order valence-corrected chi connectivity index (χ0v) is 10.9. The maximum atomic E-state index is 10.2. The fourth-order valence-electron chi connectivity index (χ4n) is 1.87. The Morgan fingerprint density at radius 2 is 1.94 bits per heavy atom. The first-order valence-corrected chi connectivity index (χ1v) is 5.99. The van der Waals surface area contributed by atoms with E-state index in [-0.39, 0.29) is 11.5 Å². The van der Waals surface area contributed by atoms with Crippen LogP contribution in [0.1, 0.15) is 26.6 Å². The molecular weight excluding hydrogens is 212 g/mol. The van der Waals surface area contributed by atoms with Crippen LogP contribution in [0.2, 0.25) is 0 Å². The van der Waals surface area contributed by atoms with Crippen LogP contribution in [0.4, 0.5) is 0 Å². The van der Waals surface area contributed by atoms with Crippen molar-refractivity contribution in [3.05, 3.63) is 30.1 Å². The summed E-state index contributed by atoms with van der Waals surface area (Å²) in [7, 11) is 0. The molecule has 2 rings (SSSR count). The Hall–Kier alpha value is -1.35. The molecule has 1 atom stereocenters. The van der Waals surface area contributed by atoms with Crippen LogP contribution in [-0.4, -0.2) is 20.8 Å². The average Bonchev–Trinajstić information content (AvgIpc) is 2.54. The number of hydrogen-bond acceptors (Lipinski definition) is 2. The van der Waals surface area contributed by atoms with Crippen LogP contribution in [0.5, 0.6) is 0 Å². The molecule has 0 amide bonds. The van der Waals surface area contributed by atoms with Crippen LogP contribution in [0.3, 0.4) is 0 Å². The molecule has 0 bridgehead atoms. The van der Waals surface area contributed by atoms with E-state index in [1.54, 1.807) is 0 Å². The number of aromatic nitrogens is 2. The minimum absolute atomic E-state index is 0.113. The fourth-order valence-corrected chi connectivity index (χ4v) is 1.87. The third-order valence-corrected chi connectivity index (χ3v) is 3.20. The Labute approximate surface area is 102 Å². The second-order valence-electron chi connectivity index (χ2n) is 5.64. The van der Waals surface area contributed by atoms with Gasteiger partial charge in [-0.1, -0.05) is 32.9 Å². The normalized spacial score (nSPS) is 14.2. The molecule has 0 spiro atoms. The fraction of sp³-hybridized carbons (Fsp3) is 0.500. The molecule has 17 heavy (non-hydrogen) atoms. The van der Waals surface area contributed by atoms with Crippen molar-refractivity contribution >= 4 is 11.0 Å². The summed E-state index contributed by atoms with van der Waals surface area (Å²) < 4.78 is 2.09. The number of nitrogens with zero attached hydrogens (tertiary/aromatic N) is 2. The number of benzene rings is 1. The quantitative estimate of drug-likeness (QED) is 0.864. The Morgan fingerprint density at radius 3 is 2.59 bits per heavy atom. The average molecular weight is 232 g/mol. The van der Waals surface area contributed by atoms with Crippen molar-refractivity contribution in [3.63, 3.8) is 0 Å². The first kappa shape index (κ1) is 12.1. The Kier molecular flexibility index (Phi) is 2.96. The second kappa shape index (κ2) is 4.15. The van der Waals surface area contributed by atoms with Gasteiger partial charge in [0.2, 0.25) is 0 Å². The van der Waals surface area contributed by atoms with E-state index in [0.717, 1.165) is 16.9 Å². The number of aliphatic hydroxyl groups is 1. The van der Waals surface area contributed by atoms with E-state index in [4.69, 9.17) is 0 Å². The Balaban J connectivity index is 2.39. The zero-order chi connectivity index (χ0) is 12.6. The largest absolute Gasteiger partial charge is 0.391 e. The molecule has 1 N–H and O–H groups in total. The number of para-hydroxylation sites is 2. The first-order chi connectivity index (χ1) is 7.89. The lowest BCUT2D eigenvalue weighted by Gasteiger charge is -2.26. The first-order valence-electron chi connectivity index (χ1n) is 5.99. The SMILES string of the molecule is Cc1nc2ccccc2n1CC(O)C(C)(C)C. The lowest BCUT2D eigenvalue weighted by Crippen LogP contribution is -2.30. The molecule has 1 heterocycles. The number of hydrogen-bond donors (Lipinski definition) is 1. The van der Waals surface area contributed by atoms with Crippen molar-refractivity contribution in [2.75, 3.05) is 0 Å². The molecule has 0 aliphatic rings. The maximum Gasteiger partial charge on any atom is 0.106 e. The summed E-state index contributed by atoms with van der Waals surface area (Å²) in [6.45, 7) is 8.72. The molecule has 3 nitrogen and oxygen atoms in total. The van der Waals surface area contributed by atoms with Gasteiger partial charge in [0.25, 0.3) is 0 Å². The van der Waals surface area contributed by atoms with Crippen LogP contribution in [0.25, 0.3) is 11.0 Å². The second-order valence-corrected chi connectivity index (χ2v) is 5.64. The molecule has 0 saturated carbocycles. The molecule has 0 radical (unpaired) electrons. The lowest BCUT2D eigenvalue weighted by atomic mass is 9.89. The molecule has 1 unspecified atom stereocenters. The summed E-state index contributed by atoms with van der Waals surface area (Å²) in [5.41, 5.74) is 1.97. The van der Waals surface area contributed by atoms with E-state index in [0.29, 0.717) is 6.54 Å². The standard InChI is InChI=1S/C14H20N2O/c1-10-15-11-7-5-6-8-12(11)16(10)9-13(17)14(2,3)4/h5-8,13,17H,9H2,1-4H3. The highest BCUT2D eigenvalue weighted by atomic mass is 16.3. The topological polar surface area (TPSA) is 38.0 Å². The van der Waals surface area contributed by atoms with Crippen LogP contribution in [-0.2, 0) is 6.54 Å². The van der Waals surface area contributed by atoms with E-state index in [9.17, 15) is 5.11 Å². The van der Waals surface area contributed by atoms with Gasteiger partial charge in [0, 0.05) is 0 Å². The van der Waals surface area contributed by atoms with E-state index in [1.165, 1.54) is 0 Å². The van der Waals surface area contributed by atoms with Gasteiger partial charge in [-0.25, -0.2) is 4.98 Å². The minimum atomic E-state index is -0.376. The summed E-state index contributed by atoms with van der Waals surface area (Å²) >= 11 is 0. The molecule has 0 aliphatic heterocycles. The van der Waals surface area contributed by atoms with Crippen molar-refractivity contribution in [2.45, 2.75) is 40.3 Å². The summed E-state index contributed by atoms with van der Waals surface area (Å²) in [6.07, 6.45) is -0.376. The van der Waals surface area contributed by atoms with Crippen molar-refractivity contribution in [1.82, 2.24) is 9.55 Å². The van der Waals surface area contributed by atoms with Gasteiger partial charge in [-0.15, -0.1) is 0 Å². The van der Waals surface area contributed by atoms with Crippen molar-refractivity contribution in [2.24, 2.45) is 5.41 Å². The summed E-state index contributed by atoms with van der Waals surface area (Å²) in [5, 5.41) is 10.2. The summed E-state index contributed by atoms with van der Waals surface area (Å²) in [4.78, 5) is 4.50. The van der Waals surface area contributed by atoms with Crippen molar-refractivity contribution < 1.29 is 5.11 Å². The van der Waals surface area contributed by atoms with E-state index in [2.05, 4.69) is 9.55 Å². The predicted octanol–water partition coefficient (Wildman–Crippen LogP) is 2.75. The van der Waals surface area contributed by atoms with Crippen molar-refractivity contribution in [3.8, 4) is 0 Å². The summed E-state index contributed by atoms with van der Waals surface area (Å²) in [6, 6.07) is 8.04. The van der Waals surface area contributed by atoms with Gasteiger partial charge >= 0.3 is 0 Å². The van der Waals surface area contributed by atoms with Crippen LogP contribution >= 0.6 is 0 Å². The number of rotatable bonds is 2. The van der Waals surface area contributed by atoms with Crippen LogP contribution in [0, 0.1) is 12.3 Å². The van der Waals surface area contributed by atoms with Crippen LogP contribution < -0.4 is 0 Å². The summed E-state index contributed by atoms with van der Waals surface area (Å²) in [5.74, 6) is 0.953. The number of aliphatic hydroxyl groups excluding tert-OH is 1. The molecule has 92 valence electrons. The smallest absolute Gasteiger partial charge is 0.106 e. The van der Waals surface area contributed by atoms with Gasteiger partial charge in [-0.05, 0) is 24.5 Å². The van der Waals surface area contributed by atoms with Crippen LogP contribution in [0.15, 0.2) is 24.3 Å². The van der Waals surface area contributed by atoms with Gasteiger partial charge in [0.05, 0.1) is 23.7 Å². The molecule has 0 saturated heterocycles. The Morgan fingerprint density at radius 1 is 1.29 bits per heavy atom. The molecule has 1 aromatic carbocycles. The van der Waals surface area contributed by atoms with E-state index >= 15 is 0 Å². The molecule has 0 aliphatic carbocycles. The highest BCUT2D eigenvalue weighted by molar-refractivity contribution is 5.75. The third kappa shape index (κ3) is 2.34. The van der Waals surface area contributed by atoms with Gasteiger partial charge in [-0.2, -0.15) is 0 Å². The van der Waals surface area contributed by atoms with Crippen molar-refractivity contribution in [1.29, 1.82) is 0 Å². The zero-order valence-electron chi connectivity index (χ0n) is 10.9. The molecule has 1 aromatic heterocycles. The van der Waals surface area contributed by atoms with Gasteiger partial charge < -0.3 is 9.67 Å². The van der Waals surface area contributed by atoms with Gasteiger partial charge in [0.15, 0.2) is 0 Å². The third-order valence-electron chi connectivity index (χ3n) is 3.20. The molecule has 0 fully saturated rings. The molecular formula is C14H20N2O.